The Morgan fingerprint density at radius 1 is 1.00 bits per heavy atom. The molecule has 2 heterocycles. The average molecular weight is 303 g/mol. The Bertz CT molecular complexity index is 580. The lowest BCUT2D eigenvalue weighted by Gasteiger charge is -2.29. The van der Waals surface area contributed by atoms with Gasteiger partial charge in [-0.05, 0) is 26.7 Å². The van der Waals surface area contributed by atoms with Crippen LogP contribution in [0.3, 0.4) is 0 Å². The van der Waals surface area contributed by atoms with Crippen molar-refractivity contribution in [2.45, 2.75) is 70.1 Å². The molecule has 0 bridgehead atoms. The lowest BCUT2D eigenvalue weighted by Crippen LogP contribution is -2.35. The molecule has 0 aromatic heterocycles. The molecular weight excluding hydrogens is 278 g/mol. The highest BCUT2D eigenvalue weighted by molar-refractivity contribution is 5.67. The molecular formula is C18H25NO3. The zero-order valence-electron chi connectivity index (χ0n) is 13.7. The van der Waals surface area contributed by atoms with Gasteiger partial charge in [-0.3, -0.25) is 0 Å². The second kappa shape index (κ2) is 4.79. The van der Waals surface area contributed by atoms with Crippen LogP contribution in [0.2, 0.25) is 0 Å². The van der Waals surface area contributed by atoms with Gasteiger partial charge in [-0.2, -0.15) is 0 Å². The van der Waals surface area contributed by atoms with Gasteiger partial charge < -0.3 is 19.9 Å². The van der Waals surface area contributed by atoms with E-state index in [1.807, 2.05) is 0 Å². The highest BCUT2D eigenvalue weighted by Crippen LogP contribution is 2.55. The largest absolute Gasteiger partial charge is 0.492 e. The van der Waals surface area contributed by atoms with Gasteiger partial charge in [0, 0.05) is 35.1 Å². The third-order valence-corrected chi connectivity index (χ3v) is 5.38. The van der Waals surface area contributed by atoms with Crippen LogP contribution in [-0.2, 0) is 18.4 Å². The Kier molecular flexibility index (Phi) is 3.09. The fourth-order valence-electron chi connectivity index (χ4n) is 4.47. The lowest BCUT2D eigenvalue weighted by atomic mass is 9.82. The van der Waals surface area contributed by atoms with Crippen molar-refractivity contribution >= 4 is 0 Å². The number of rotatable bonds is 2. The van der Waals surface area contributed by atoms with E-state index in [1.165, 1.54) is 24.0 Å². The number of benzene rings is 1. The van der Waals surface area contributed by atoms with Crippen molar-refractivity contribution in [3.63, 3.8) is 0 Å². The van der Waals surface area contributed by atoms with E-state index in [-0.39, 0.29) is 17.7 Å². The minimum atomic E-state index is -0.266. The molecule has 0 spiro atoms. The maximum atomic E-state index is 6.83. The fourth-order valence-corrected chi connectivity index (χ4v) is 4.47. The van der Waals surface area contributed by atoms with E-state index in [0.29, 0.717) is 0 Å². The molecule has 0 radical (unpaired) electrons. The van der Waals surface area contributed by atoms with Gasteiger partial charge in [0.15, 0.2) is 11.5 Å². The summed E-state index contributed by atoms with van der Waals surface area (Å²) in [5, 5.41) is 0. The summed E-state index contributed by atoms with van der Waals surface area (Å²) < 4.78 is 18.0. The molecule has 1 saturated carbocycles. The molecule has 2 aliphatic heterocycles. The average Bonchev–Trinajstić information content (AvgIpc) is 3.14. The van der Waals surface area contributed by atoms with Crippen LogP contribution in [0.1, 0.15) is 56.2 Å². The summed E-state index contributed by atoms with van der Waals surface area (Å²) in [4.78, 5) is 0. The highest BCUT2D eigenvalue weighted by Gasteiger charge is 2.44. The van der Waals surface area contributed by atoms with E-state index in [4.69, 9.17) is 19.9 Å². The van der Waals surface area contributed by atoms with Crippen LogP contribution in [0.25, 0.3) is 0 Å². The summed E-state index contributed by atoms with van der Waals surface area (Å²) in [6.45, 7) is 4.21. The van der Waals surface area contributed by atoms with Crippen LogP contribution in [0, 0.1) is 0 Å². The molecule has 3 aliphatic rings. The number of fused-ring (bicyclic) bond motifs is 2. The monoisotopic (exact) mass is 303 g/mol. The molecule has 2 N–H and O–H groups in total. The Labute approximate surface area is 131 Å². The van der Waals surface area contributed by atoms with Gasteiger partial charge in [0.05, 0.1) is 7.11 Å². The molecule has 2 atom stereocenters. The predicted octanol–water partition coefficient (Wildman–Crippen LogP) is 3.07. The fraction of sp³-hybridized carbons (Fsp3) is 0.667. The second-order valence-electron chi connectivity index (χ2n) is 7.15. The summed E-state index contributed by atoms with van der Waals surface area (Å²) in [6, 6.07) is 0. The van der Waals surface area contributed by atoms with E-state index >= 15 is 0 Å². The Balaban J connectivity index is 1.98. The molecule has 4 rings (SSSR count). The molecule has 120 valence electrons. The third kappa shape index (κ3) is 1.86. The van der Waals surface area contributed by atoms with Crippen LogP contribution in [0.15, 0.2) is 0 Å². The summed E-state index contributed by atoms with van der Waals surface area (Å²) in [7, 11) is 1.72. The number of hydrogen-bond acceptors (Lipinski definition) is 4. The molecule has 1 aliphatic carbocycles. The zero-order valence-corrected chi connectivity index (χ0v) is 13.7. The van der Waals surface area contributed by atoms with E-state index in [2.05, 4.69) is 13.8 Å². The van der Waals surface area contributed by atoms with E-state index in [1.54, 1.807) is 7.11 Å². The Morgan fingerprint density at radius 2 is 1.59 bits per heavy atom. The summed E-state index contributed by atoms with van der Waals surface area (Å²) in [6.07, 6.45) is 6.56. The maximum absolute atomic E-state index is 6.83. The van der Waals surface area contributed by atoms with Crippen molar-refractivity contribution in [1.82, 2.24) is 0 Å². The van der Waals surface area contributed by atoms with Gasteiger partial charge in [-0.1, -0.05) is 12.8 Å². The van der Waals surface area contributed by atoms with Crippen molar-refractivity contribution in [1.29, 1.82) is 0 Å². The molecule has 2 unspecified atom stereocenters. The smallest absolute Gasteiger partial charge is 0.168 e. The topological polar surface area (TPSA) is 53.7 Å². The first-order valence-corrected chi connectivity index (χ1v) is 8.42. The van der Waals surface area contributed by atoms with E-state index in [0.717, 1.165) is 48.5 Å². The van der Waals surface area contributed by atoms with Gasteiger partial charge in [0.25, 0.3) is 0 Å². The number of hydrogen-bond donors (Lipinski definition) is 1. The van der Waals surface area contributed by atoms with Gasteiger partial charge in [-0.25, -0.2) is 0 Å². The first-order chi connectivity index (χ1) is 10.5. The highest BCUT2D eigenvalue weighted by atomic mass is 16.5. The number of nitrogens with two attached hydrogens (primary N) is 1. The van der Waals surface area contributed by atoms with Crippen molar-refractivity contribution in [3.8, 4) is 17.2 Å². The molecule has 4 nitrogen and oxygen atoms in total. The normalized spacial score (nSPS) is 28.0. The summed E-state index contributed by atoms with van der Waals surface area (Å²) >= 11 is 0. The standard InChI is InChI=1S/C18H25NO3/c1-10-8-12-14(18(19)6-4-5-7-18)15-13(9-11(2)21-15)16(20-3)17(12)22-10/h10-11H,4-9,19H2,1-3H3. The summed E-state index contributed by atoms with van der Waals surface area (Å²) in [5.74, 6) is 2.77. The van der Waals surface area contributed by atoms with Crippen molar-refractivity contribution in [3.05, 3.63) is 16.7 Å². The van der Waals surface area contributed by atoms with Crippen LogP contribution in [-0.4, -0.2) is 19.3 Å². The molecule has 1 fully saturated rings. The van der Waals surface area contributed by atoms with Crippen LogP contribution in [0.5, 0.6) is 17.2 Å². The first kappa shape index (κ1) is 14.2. The molecule has 1 aromatic rings. The van der Waals surface area contributed by atoms with E-state index in [9.17, 15) is 0 Å². The molecule has 1 aromatic carbocycles. The summed E-state index contributed by atoms with van der Waals surface area (Å²) in [5.41, 5.74) is 10.2. The Hall–Kier alpha value is -1.42. The minimum absolute atomic E-state index is 0.174. The SMILES string of the molecule is COc1c2c(c(C3(N)CCCC3)c3c1OC(C)C3)OC(C)C2. The van der Waals surface area contributed by atoms with Crippen LogP contribution in [0.4, 0.5) is 0 Å². The Morgan fingerprint density at radius 3 is 2.23 bits per heavy atom. The third-order valence-electron chi connectivity index (χ3n) is 5.38. The number of ether oxygens (including phenoxy) is 3. The van der Waals surface area contributed by atoms with Gasteiger partial charge in [0.2, 0.25) is 0 Å². The van der Waals surface area contributed by atoms with Crippen LogP contribution < -0.4 is 19.9 Å². The quantitative estimate of drug-likeness (QED) is 0.912. The molecule has 22 heavy (non-hydrogen) atoms. The predicted molar refractivity (Wildman–Crippen MR) is 84.9 cm³/mol. The van der Waals surface area contributed by atoms with Gasteiger partial charge in [0.1, 0.15) is 18.0 Å². The first-order valence-electron chi connectivity index (χ1n) is 8.42. The van der Waals surface area contributed by atoms with Crippen molar-refractivity contribution in [2.24, 2.45) is 5.73 Å². The lowest BCUT2D eigenvalue weighted by molar-refractivity contribution is 0.242. The van der Waals surface area contributed by atoms with Crippen molar-refractivity contribution < 1.29 is 14.2 Å². The maximum Gasteiger partial charge on any atom is 0.168 e. The number of methoxy groups -OCH3 is 1. The minimum Gasteiger partial charge on any atom is -0.492 e. The molecule has 0 amide bonds. The van der Waals surface area contributed by atoms with Gasteiger partial charge in [-0.15, -0.1) is 0 Å². The second-order valence-corrected chi connectivity index (χ2v) is 7.15. The zero-order chi connectivity index (χ0) is 15.5. The molecule has 0 saturated heterocycles. The van der Waals surface area contributed by atoms with Crippen LogP contribution >= 0.6 is 0 Å². The van der Waals surface area contributed by atoms with Gasteiger partial charge >= 0.3 is 0 Å². The molecule has 4 heteroatoms. The van der Waals surface area contributed by atoms with E-state index < -0.39 is 0 Å². The van der Waals surface area contributed by atoms with Crippen molar-refractivity contribution in [2.75, 3.05) is 7.11 Å².